The Morgan fingerprint density at radius 2 is 1.66 bits per heavy atom. The van der Waals surface area contributed by atoms with Crippen molar-refractivity contribution < 1.29 is 18.9 Å². The summed E-state index contributed by atoms with van der Waals surface area (Å²) in [5.41, 5.74) is 1.52. The summed E-state index contributed by atoms with van der Waals surface area (Å²) in [6.45, 7) is 1.76. The molecule has 1 aliphatic rings. The van der Waals surface area contributed by atoms with Crippen LogP contribution in [0.25, 0.3) is 11.5 Å². The third-order valence-corrected chi connectivity index (χ3v) is 4.68. The first-order valence-corrected chi connectivity index (χ1v) is 9.16. The van der Waals surface area contributed by atoms with Crippen molar-refractivity contribution in [1.29, 1.82) is 0 Å². The van der Waals surface area contributed by atoms with E-state index in [4.69, 9.17) is 4.52 Å². The first-order valence-electron chi connectivity index (χ1n) is 9.16. The molecule has 1 aliphatic heterocycles. The van der Waals surface area contributed by atoms with E-state index in [1.54, 1.807) is 31.2 Å². The Hall–Kier alpha value is -3.81. The van der Waals surface area contributed by atoms with Crippen LogP contribution in [0.2, 0.25) is 0 Å². The Labute approximate surface area is 166 Å². The normalized spacial score (nSPS) is 14.0. The molecule has 1 atom stereocenters. The van der Waals surface area contributed by atoms with E-state index in [2.05, 4.69) is 15.5 Å². The van der Waals surface area contributed by atoms with Crippen molar-refractivity contribution in [3.05, 3.63) is 71.5 Å². The minimum atomic E-state index is -0.576. The minimum absolute atomic E-state index is 0.0190. The number of carbonyl (C=O) groups excluding carboxylic acids is 3. The van der Waals surface area contributed by atoms with Gasteiger partial charge in [-0.25, -0.2) is 0 Å². The number of imide groups is 1. The molecule has 0 unspecified atom stereocenters. The number of hydrogen-bond acceptors (Lipinski definition) is 6. The van der Waals surface area contributed by atoms with Crippen molar-refractivity contribution in [2.75, 3.05) is 0 Å². The van der Waals surface area contributed by atoms with Crippen LogP contribution < -0.4 is 5.32 Å². The lowest BCUT2D eigenvalue weighted by Crippen LogP contribution is -2.41. The SMILES string of the molecule is C[C@@H](CC(=O)NCc1noc(-c2ccccc2)n1)N1C(=O)c2ccccc2C1=O. The van der Waals surface area contributed by atoms with Crippen LogP contribution in [0.15, 0.2) is 59.1 Å². The van der Waals surface area contributed by atoms with Gasteiger partial charge in [0.1, 0.15) is 0 Å². The van der Waals surface area contributed by atoms with Gasteiger partial charge in [0, 0.05) is 18.0 Å². The van der Waals surface area contributed by atoms with Crippen LogP contribution in [0.1, 0.15) is 39.9 Å². The van der Waals surface area contributed by atoms with Crippen LogP contribution in [-0.4, -0.2) is 38.8 Å². The Morgan fingerprint density at radius 1 is 1.03 bits per heavy atom. The average molecular weight is 390 g/mol. The molecular formula is C21H18N4O4. The number of hydrogen-bond donors (Lipinski definition) is 1. The topological polar surface area (TPSA) is 105 Å². The number of benzene rings is 2. The van der Waals surface area contributed by atoms with Crippen LogP contribution in [0.4, 0.5) is 0 Å². The van der Waals surface area contributed by atoms with E-state index in [1.807, 2.05) is 30.3 Å². The molecule has 2 aromatic carbocycles. The van der Waals surface area contributed by atoms with Crippen LogP contribution in [0.5, 0.6) is 0 Å². The number of rotatable bonds is 6. The maximum Gasteiger partial charge on any atom is 0.261 e. The number of amides is 3. The van der Waals surface area contributed by atoms with Crippen molar-refractivity contribution in [1.82, 2.24) is 20.4 Å². The highest BCUT2D eigenvalue weighted by Gasteiger charge is 2.38. The molecular weight excluding hydrogens is 372 g/mol. The second-order valence-electron chi connectivity index (χ2n) is 6.74. The van der Waals surface area contributed by atoms with Crippen molar-refractivity contribution in [2.45, 2.75) is 25.9 Å². The molecule has 2 heterocycles. The average Bonchev–Trinajstić information content (AvgIpc) is 3.31. The summed E-state index contributed by atoms with van der Waals surface area (Å²) in [7, 11) is 0. The lowest BCUT2D eigenvalue weighted by molar-refractivity contribution is -0.122. The molecule has 1 aromatic heterocycles. The second kappa shape index (κ2) is 7.67. The molecule has 146 valence electrons. The van der Waals surface area contributed by atoms with Crippen LogP contribution in [-0.2, 0) is 11.3 Å². The number of nitrogens with one attached hydrogen (secondary N) is 1. The van der Waals surface area contributed by atoms with Crippen LogP contribution in [0.3, 0.4) is 0 Å². The molecule has 3 amide bonds. The van der Waals surface area contributed by atoms with E-state index in [-0.39, 0.29) is 30.7 Å². The number of aromatic nitrogens is 2. The monoisotopic (exact) mass is 390 g/mol. The van der Waals surface area contributed by atoms with E-state index in [1.165, 1.54) is 0 Å². The predicted molar refractivity (Wildman–Crippen MR) is 103 cm³/mol. The van der Waals surface area contributed by atoms with Crippen molar-refractivity contribution in [3.63, 3.8) is 0 Å². The van der Waals surface area contributed by atoms with Crippen LogP contribution >= 0.6 is 0 Å². The second-order valence-corrected chi connectivity index (χ2v) is 6.74. The van der Waals surface area contributed by atoms with Gasteiger partial charge in [-0.1, -0.05) is 35.5 Å². The van der Waals surface area contributed by atoms with Crippen molar-refractivity contribution in [3.8, 4) is 11.5 Å². The van der Waals surface area contributed by atoms with Gasteiger partial charge in [0.05, 0.1) is 17.7 Å². The fraction of sp³-hybridized carbons (Fsp3) is 0.190. The minimum Gasteiger partial charge on any atom is -0.349 e. The molecule has 0 fully saturated rings. The number of carbonyl (C=O) groups is 3. The maximum atomic E-state index is 12.5. The summed E-state index contributed by atoms with van der Waals surface area (Å²) in [6, 6.07) is 15.4. The molecule has 8 nitrogen and oxygen atoms in total. The Balaban J connectivity index is 1.34. The molecule has 1 N–H and O–H groups in total. The van der Waals surface area contributed by atoms with Gasteiger partial charge >= 0.3 is 0 Å². The van der Waals surface area contributed by atoms with E-state index in [9.17, 15) is 14.4 Å². The molecule has 0 aliphatic carbocycles. The smallest absolute Gasteiger partial charge is 0.261 e. The molecule has 3 aromatic rings. The van der Waals surface area contributed by atoms with Crippen molar-refractivity contribution in [2.24, 2.45) is 0 Å². The highest BCUT2D eigenvalue weighted by molar-refractivity contribution is 6.21. The van der Waals surface area contributed by atoms with E-state index < -0.39 is 6.04 Å². The summed E-state index contributed by atoms with van der Waals surface area (Å²) in [6.07, 6.45) is -0.0190. The first kappa shape index (κ1) is 18.5. The van der Waals surface area contributed by atoms with Gasteiger partial charge < -0.3 is 9.84 Å². The van der Waals surface area contributed by atoms with Gasteiger partial charge in [0.25, 0.3) is 17.7 Å². The van der Waals surface area contributed by atoms with E-state index >= 15 is 0 Å². The lowest BCUT2D eigenvalue weighted by atomic mass is 10.1. The zero-order valence-electron chi connectivity index (χ0n) is 15.7. The fourth-order valence-electron chi connectivity index (χ4n) is 3.24. The zero-order chi connectivity index (χ0) is 20.4. The Kier molecular flexibility index (Phi) is 4.90. The largest absolute Gasteiger partial charge is 0.349 e. The third-order valence-electron chi connectivity index (χ3n) is 4.68. The molecule has 8 heteroatoms. The molecule has 29 heavy (non-hydrogen) atoms. The Bertz CT molecular complexity index is 1040. The lowest BCUT2D eigenvalue weighted by Gasteiger charge is -2.21. The zero-order valence-corrected chi connectivity index (χ0v) is 15.7. The quantitative estimate of drug-likeness (QED) is 0.648. The number of nitrogens with zero attached hydrogens (tertiary/aromatic N) is 3. The summed E-state index contributed by atoms with van der Waals surface area (Å²) in [5, 5.41) is 6.55. The summed E-state index contributed by atoms with van der Waals surface area (Å²) < 4.78 is 5.20. The highest BCUT2D eigenvalue weighted by Crippen LogP contribution is 2.25. The molecule has 0 saturated heterocycles. The molecule has 0 radical (unpaired) electrons. The number of fused-ring (bicyclic) bond motifs is 1. The first-order chi connectivity index (χ1) is 14.0. The molecule has 0 spiro atoms. The van der Waals surface area contributed by atoms with Gasteiger partial charge in [0.2, 0.25) is 5.91 Å². The summed E-state index contributed by atoms with van der Waals surface area (Å²) in [5.74, 6) is -0.368. The van der Waals surface area contributed by atoms with Crippen LogP contribution in [0, 0.1) is 0 Å². The predicted octanol–water partition coefficient (Wildman–Crippen LogP) is 2.43. The molecule has 4 rings (SSSR count). The molecule has 0 saturated carbocycles. The van der Waals surface area contributed by atoms with Gasteiger partial charge in [-0.2, -0.15) is 4.98 Å². The highest BCUT2D eigenvalue weighted by atomic mass is 16.5. The maximum absolute atomic E-state index is 12.5. The van der Waals surface area contributed by atoms with Gasteiger partial charge in [-0.05, 0) is 31.2 Å². The molecule has 0 bridgehead atoms. The third kappa shape index (κ3) is 3.64. The van der Waals surface area contributed by atoms with Gasteiger partial charge in [0.15, 0.2) is 5.82 Å². The van der Waals surface area contributed by atoms with Crippen molar-refractivity contribution >= 4 is 17.7 Å². The summed E-state index contributed by atoms with van der Waals surface area (Å²) >= 11 is 0. The van der Waals surface area contributed by atoms with Gasteiger partial charge in [-0.3, -0.25) is 19.3 Å². The van der Waals surface area contributed by atoms with E-state index in [0.29, 0.717) is 22.8 Å². The standard InChI is InChI=1S/C21H18N4O4/c1-13(25-20(27)15-9-5-6-10-16(15)21(25)28)11-18(26)22-12-17-23-19(29-24-17)14-7-3-2-4-8-14/h2-10,13H,11-12H2,1H3,(H,22,26)/t13-/m0/s1. The van der Waals surface area contributed by atoms with Gasteiger partial charge in [-0.15, -0.1) is 0 Å². The fourth-order valence-corrected chi connectivity index (χ4v) is 3.24. The van der Waals surface area contributed by atoms with E-state index in [0.717, 1.165) is 10.5 Å². The Morgan fingerprint density at radius 3 is 2.31 bits per heavy atom. The summed E-state index contributed by atoms with van der Waals surface area (Å²) in [4.78, 5) is 42.7.